The van der Waals surface area contributed by atoms with Gasteiger partial charge < -0.3 is 9.40 Å². The van der Waals surface area contributed by atoms with Gasteiger partial charge in [-0.25, -0.2) is 9.97 Å². The maximum absolute atomic E-state index is 6.22. The van der Waals surface area contributed by atoms with Crippen molar-refractivity contribution in [3.63, 3.8) is 0 Å². The molecule has 2 aliphatic rings. The van der Waals surface area contributed by atoms with E-state index in [-0.39, 0.29) is 45.4 Å². The summed E-state index contributed by atoms with van der Waals surface area (Å²) in [7, 11) is 0. The summed E-state index contributed by atoms with van der Waals surface area (Å²) in [5.41, 5.74) is 3.75. The van der Waals surface area contributed by atoms with Crippen LogP contribution in [0.2, 0.25) is 0 Å². The normalized spacial score (nSPS) is 25.5. The molecule has 4 heterocycles. The van der Waals surface area contributed by atoms with Crippen LogP contribution in [0.1, 0.15) is 164 Å². The molecule has 0 radical (unpaired) electrons. The summed E-state index contributed by atoms with van der Waals surface area (Å²) in [5.74, 6) is 1.56. The largest absolute Gasteiger partial charge is 0.446 e. The molecule has 2 aliphatic heterocycles. The zero-order valence-electron chi connectivity index (χ0n) is 27.7. The molecule has 0 saturated heterocycles. The van der Waals surface area contributed by atoms with Gasteiger partial charge in [0.05, 0.1) is 41.9 Å². The maximum atomic E-state index is 6.22. The number of aromatic nitrogens is 3. The van der Waals surface area contributed by atoms with Gasteiger partial charge in [0.1, 0.15) is 11.5 Å². The van der Waals surface area contributed by atoms with E-state index in [4.69, 9.17) is 14.4 Å². The van der Waals surface area contributed by atoms with Crippen LogP contribution in [-0.2, 0) is 0 Å². The molecule has 0 aliphatic carbocycles. The summed E-state index contributed by atoms with van der Waals surface area (Å²) in [4.78, 5) is 18.7. The molecule has 39 heavy (non-hydrogen) atoms. The smallest absolute Gasteiger partial charge is 0.181 e. The highest BCUT2D eigenvalue weighted by atomic mass is 16.3. The van der Waals surface area contributed by atoms with E-state index in [0.29, 0.717) is 12.0 Å². The van der Waals surface area contributed by atoms with Crippen molar-refractivity contribution in [3.8, 4) is 0 Å². The number of fused-ring (bicyclic) bond motifs is 2. The van der Waals surface area contributed by atoms with E-state index < -0.39 is 0 Å². The Kier molecular flexibility index (Phi) is 7.33. The first-order valence-corrected chi connectivity index (χ1v) is 15.1. The van der Waals surface area contributed by atoms with Crippen LogP contribution in [-0.4, -0.2) is 35.8 Å². The third-order valence-electron chi connectivity index (χ3n) is 9.41. The Balaban J connectivity index is 1.69. The van der Waals surface area contributed by atoms with E-state index in [1.54, 1.807) is 6.39 Å². The SMILES string of the molecule is CC(C)C1c2nc[nH]c2C(C(C)(C)CCC(C)(C)C2c3ocnc3C(C(C)(C)C)N2C(C)(C)C)N1C(C)(C)C. The van der Waals surface area contributed by atoms with E-state index in [0.717, 1.165) is 24.3 Å². The predicted octanol–water partition coefficient (Wildman–Crippen LogP) is 9.03. The highest BCUT2D eigenvalue weighted by Crippen LogP contribution is 2.61. The van der Waals surface area contributed by atoms with Gasteiger partial charge >= 0.3 is 0 Å². The Morgan fingerprint density at radius 2 is 1.28 bits per heavy atom. The predicted molar refractivity (Wildman–Crippen MR) is 160 cm³/mol. The summed E-state index contributed by atoms with van der Waals surface area (Å²) >= 11 is 0. The summed E-state index contributed by atoms with van der Waals surface area (Å²) in [6.07, 6.45) is 5.75. The molecule has 1 N–H and O–H groups in total. The van der Waals surface area contributed by atoms with Crippen molar-refractivity contribution in [1.82, 2.24) is 24.8 Å². The highest BCUT2D eigenvalue weighted by Gasteiger charge is 2.57. The summed E-state index contributed by atoms with van der Waals surface area (Å²) in [6, 6.07) is 0.986. The molecule has 0 spiro atoms. The van der Waals surface area contributed by atoms with Crippen LogP contribution in [0, 0.1) is 22.2 Å². The van der Waals surface area contributed by atoms with Crippen molar-refractivity contribution in [2.24, 2.45) is 22.2 Å². The number of rotatable bonds is 6. The van der Waals surface area contributed by atoms with Crippen molar-refractivity contribution in [2.75, 3.05) is 0 Å². The van der Waals surface area contributed by atoms with Crippen LogP contribution in [0.5, 0.6) is 0 Å². The first kappa shape index (κ1) is 30.3. The molecule has 4 unspecified atom stereocenters. The number of imidazole rings is 1. The Morgan fingerprint density at radius 1 is 0.744 bits per heavy atom. The molecule has 6 nitrogen and oxygen atoms in total. The van der Waals surface area contributed by atoms with Crippen LogP contribution < -0.4 is 0 Å². The van der Waals surface area contributed by atoms with E-state index >= 15 is 0 Å². The lowest BCUT2D eigenvalue weighted by Gasteiger charge is -2.51. The van der Waals surface area contributed by atoms with Crippen LogP contribution in [0.3, 0.4) is 0 Å². The summed E-state index contributed by atoms with van der Waals surface area (Å²) in [5, 5.41) is 0. The van der Waals surface area contributed by atoms with Gasteiger partial charge in [-0.1, -0.05) is 62.3 Å². The zero-order chi connectivity index (χ0) is 29.5. The van der Waals surface area contributed by atoms with Crippen molar-refractivity contribution >= 4 is 0 Å². The van der Waals surface area contributed by atoms with Gasteiger partial charge in [0.2, 0.25) is 0 Å². The first-order valence-electron chi connectivity index (χ1n) is 15.1. The molecule has 2 aromatic heterocycles. The Labute approximate surface area is 238 Å². The van der Waals surface area contributed by atoms with Crippen molar-refractivity contribution in [2.45, 2.75) is 152 Å². The Hall–Kier alpha value is -1.66. The zero-order valence-corrected chi connectivity index (χ0v) is 27.7. The fourth-order valence-electron chi connectivity index (χ4n) is 7.74. The van der Waals surface area contributed by atoms with Gasteiger partial charge in [0.15, 0.2) is 6.39 Å². The van der Waals surface area contributed by atoms with Gasteiger partial charge in [-0.2, -0.15) is 0 Å². The lowest BCUT2D eigenvalue weighted by molar-refractivity contribution is -0.0600. The molecule has 0 bridgehead atoms. The minimum atomic E-state index is -0.0254. The van der Waals surface area contributed by atoms with E-state index in [1.807, 2.05) is 6.33 Å². The second-order valence-corrected chi connectivity index (χ2v) is 17.2. The molecule has 2 aromatic rings. The molecule has 4 rings (SSSR count). The molecule has 4 atom stereocenters. The van der Waals surface area contributed by atoms with Crippen molar-refractivity contribution in [3.05, 3.63) is 35.6 Å². The molecule has 0 aromatic carbocycles. The van der Waals surface area contributed by atoms with Crippen LogP contribution in [0.25, 0.3) is 0 Å². The van der Waals surface area contributed by atoms with Crippen LogP contribution in [0.15, 0.2) is 17.1 Å². The third kappa shape index (κ3) is 5.14. The number of oxazole rings is 1. The average Bonchev–Trinajstić information content (AvgIpc) is 3.47. The monoisotopic (exact) mass is 539 g/mol. The number of hydrogen-bond acceptors (Lipinski definition) is 5. The lowest BCUT2D eigenvalue weighted by atomic mass is 9.70. The maximum Gasteiger partial charge on any atom is 0.181 e. The van der Waals surface area contributed by atoms with Gasteiger partial charge in [0, 0.05) is 11.1 Å². The van der Waals surface area contributed by atoms with Crippen molar-refractivity contribution < 1.29 is 4.42 Å². The molecule has 0 fully saturated rings. The second kappa shape index (κ2) is 9.44. The Bertz CT molecular complexity index is 1150. The second-order valence-electron chi connectivity index (χ2n) is 17.2. The fraction of sp³-hybridized carbons (Fsp3) is 0.818. The van der Waals surface area contributed by atoms with Gasteiger partial charge in [-0.15, -0.1) is 0 Å². The fourth-order valence-corrected chi connectivity index (χ4v) is 7.74. The number of aromatic amines is 1. The minimum absolute atomic E-state index is 0.0156. The number of H-pyrrole nitrogens is 1. The number of hydrogen-bond donors (Lipinski definition) is 1. The summed E-state index contributed by atoms with van der Waals surface area (Å²) in [6.45, 7) is 35.6. The quantitative estimate of drug-likeness (QED) is 0.397. The van der Waals surface area contributed by atoms with Crippen LogP contribution in [0.4, 0.5) is 0 Å². The molecular formula is C33H57N5O. The highest BCUT2D eigenvalue weighted by molar-refractivity contribution is 5.31. The molecule has 0 saturated carbocycles. The molecule has 6 heteroatoms. The summed E-state index contributed by atoms with van der Waals surface area (Å²) < 4.78 is 6.22. The number of nitrogens with zero attached hydrogens (tertiary/aromatic N) is 4. The van der Waals surface area contributed by atoms with Gasteiger partial charge in [0.25, 0.3) is 0 Å². The molecule has 0 amide bonds. The molecule has 220 valence electrons. The topological polar surface area (TPSA) is 61.2 Å². The third-order valence-corrected chi connectivity index (χ3v) is 9.41. The average molecular weight is 540 g/mol. The number of nitrogens with one attached hydrogen (secondary N) is 1. The van der Waals surface area contributed by atoms with Gasteiger partial charge in [-0.05, 0) is 76.5 Å². The van der Waals surface area contributed by atoms with E-state index in [1.165, 1.54) is 11.4 Å². The Morgan fingerprint density at radius 3 is 1.77 bits per heavy atom. The van der Waals surface area contributed by atoms with E-state index in [2.05, 4.69) is 119 Å². The minimum Gasteiger partial charge on any atom is -0.446 e. The van der Waals surface area contributed by atoms with Crippen LogP contribution >= 0.6 is 0 Å². The molecular weight excluding hydrogens is 482 g/mol. The van der Waals surface area contributed by atoms with Gasteiger partial charge in [-0.3, -0.25) is 9.80 Å². The first-order chi connectivity index (χ1) is 17.6. The standard InChI is InChI=1S/C33H57N5O/c1-20(2)24-21-22(35-18-34-21)27(37(24)30(6,7)8)32(12,13)16-17-33(14,15)28-25-23(36-19-39-25)26(29(3,4)5)38(28)31(9,10)11/h18-20,24,26-28H,16-17H2,1-15H3,(H,34,35). The van der Waals surface area contributed by atoms with Crippen molar-refractivity contribution in [1.29, 1.82) is 0 Å². The van der Waals surface area contributed by atoms with E-state index in [9.17, 15) is 0 Å². The lowest BCUT2D eigenvalue weighted by Crippen LogP contribution is -2.50.